The summed E-state index contributed by atoms with van der Waals surface area (Å²) < 4.78 is 30.5. The number of imidazole rings is 1. The zero-order valence-corrected chi connectivity index (χ0v) is 32.6. The van der Waals surface area contributed by atoms with Gasteiger partial charge >= 0.3 is 0 Å². The van der Waals surface area contributed by atoms with Crippen LogP contribution in [0, 0.1) is 25.9 Å². The van der Waals surface area contributed by atoms with Gasteiger partial charge in [0.05, 0.1) is 16.9 Å². The van der Waals surface area contributed by atoms with Crippen molar-refractivity contribution in [1.82, 2.24) is 19.5 Å². The van der Waals surface area contributed by atoms with Crippen LogP contribution in [0.5, 0.6) is 0 Å². The number of benzene rings is 5. The summed E-state index contributed by atoms with van der Waals surface area (Å²) in [7, 11) is 0. The minimum atomic E-state index is -2.09. The van der Waals surface area contributed by atoms with E-state index in [-0.39, 0.29) is 25.7 Å². The maximum atomic E-state index is 7.23. The Bertz CT molecular complexity index is 2800. The Morgan fingerprint density at radius 1 is 0.698 bits per heavy atom. The van der Waals surface area contributed by atoms with Crippen molar-refractivity contribution in [2.45, 2.75) is 53.3 Å². The number of rotatable bonds is 5. The van der Waals surface area contributed by atoms with Crippen LogP contribution in [0.25, 0.3) is 72.2 Å². The van der Waals surface area contributed by atoms with E-state index in [1.165, 1.54) is 23.0 Å². The molecule has 0 spiro atoms. The summed E-state index contributed by atoms with van der Waals surface area (Å²) >= 11 is 0. The van der Waals surface area contributed by atoms with Crippen LogP contribution in [0.3, 0.4) is 0 Å². The van der Waals surface area contributed by atoms with Gasteiger partial charge in [-0.05, 0) is 54.1 Å². The number of nitrogens with zero attached hydrogens (tertiary/aromatic N) is 4. The number of pyridine rings is 2. The van der Waals surface area contributed by atoms with Gasteiger partial charge in [0.2, 0.25) is 0 Å². The fraction of sp³-hybridized carbons (Fsp3) is 0.170. The first kappa shape index (κ1) is 32.2. The number of hydrogen-bond acceptors (Lipinski definition) is 4. The van der Waals surface area contributed by atoms with Crippen LogP contribution >= 0.6 is 0 Å². The quantitative estimate of drug-likeness (QED) is 0.162. The van der Waals surface area contributed by atoms with Crippen molar-refractivity contribution >= 4 is 43.9 Å². The number of aromatic nitrogens is 4. The summed E-state index contributed by atoms with van der Waals surface area (Å²) in [6.07, 6.45) is 1.39. The van der Waals surface area contributed by atoms with E-state index in [1.807, 2.05) is 36.4 Å². The van der Waals surface area contributed by atoms with Gasteiger partial charge in [0, 0.05) is 58.0 Å². The van der Waals surface area contributed by atoms with Crippen LogP contribution in [-0.4, -0.2) is 19.5 Å². The van der Waals surface area contributed by atoms with Crippen molar-refractivity contribution in [2.24, 2.45) is 0 Å². The summed E-state index contributed by atoms with van der Waals surface area (Å²) in [4.78, 5) is 14.4. The molecule has 0 atom stereocenters. The van der Waals surface area contributed by atoms with Gasteiger partial charge in [-0.2, -0.15) is 0 Å². The summed E-state index contributed by atoms with van der Waals surface area (Å²) in [5.74, 6) is 1.44. The first-order valence-electron chi connectivity index (χ1n) is 19.2. The van der Waals surface area contributed by atoms with Gasteiger partial charge < -0.3 is 14.0 Å². The molecule has 0 unspecified atom stereocenters. The first-order valence-corrected chi connectivity index (χ1v) is 17.7. The normalized spacial score (nSPS) is 12.5. The molecule has 265 valence electrons. The standard InChI is InChI=1S/C35H30N3O.C12H10N.Ir/c1-20(2)23-15-10-16-24(21(3)4)31(23)38-32-27-14-7-6-12-25(27)22(5)36-34(32)37-35(38)29-18-11-17-28-26-13-8-9-19-30(26)39-33(28)29;1-10-7-8-12(13-9-10)11-5-3-2-4-6-11;/h6-17,19-21H,1-5H3;2-5,7-9H,1H3;/q2*-1;/i;1D3;. The molecule has 53 heavy (non-hydrogen) atoms. The molecule has 0 fully saturated rings. The molecule has 5 nitrogen and oxygen atoms in total. The zero-order valence-electron chi connectivity index (χ0n) is 33.2. The molecule has 0 saturated heterocycles. The van der Waals surface area contributed by atoms with E-state index < -0.39 is 6.85 Å². The summed E-state index contributed by atoms with van der Waals surface area (Å²) in [5.41, 5.74) is 10.8. The Morgan fingerprint density at radius 2 is 1.42 bits per heavy atom. The van der Waals surface area contributed by atoms with E-state index in [1.54, 1.807) is 18.2 Å². The first-order chi connectivity index (χ1) is 26.5. The van der Waals surface area contributed by atoms with Crippen molar-refractivity contribution < 1.29 is 28.6 Å². The van der Waals surface area contributed by atoms with Crippen molar-refractivity contribution in [3.8, 4) is 28.3 Å². The van der Waals surface area contributed by atoms with Gasteiger partial charge in [-0.25, -0.2) is 4.98 Å². The van der Waals surface area contributed by atoms with E-state index in [9.17, 15) is 0 Å². The van der Waals surface area contributed by atoms with Crippen LogP contribution in [0.2, 0.25) is 0 Å². The Labute approximate surface area is 328 Å². The monoisotopic (exact) mass is 872 g/mol. The van der Waals surface area contributed by atoms with E-state index in [0.29, 0.717) is 11.8 Å². The van der Waals surface area contributed by atoms with Crippen LogP contribution in [0.1, 0.15) is 66.0 Å². The predicted octanol–water partition coefficient (Wildman–Crippen LogP) is 12.4. The Balaban J connectivity index is 0.000000238. The second-order valence-electron chi connectivity index (χ2n) is 13.7. The molecule has 0 aliphatic carbocycles. The second kappa shape index (κ2) is 14.9. The summed E-state index contributed by atoms with van der Waals surface area (Å²) in [6, 6.07) is 44.7. The molecule has 0 amide bonds. The third-order valence-corrected chi connectivity index (χ3v) is 9.58. The zero-order chi connectivity index (χ0) is 38.4. The molecular formula is C47H40IrN4O-2. The van der Waals surface area contributed by atoms with E-state index in [4.69, 9.17) is 18.5 Å². The maximum Gasteiger partial charge on any atom is 0.169 e. The molecule has 0 N–H and O–H groups in total. The van der Waals surface area contributed by atoms with Crippen molar-refractivity contribution in [1.29, 1.82) is 0 Å². The number of para-hydroxylation sites is 2. The number of furan rings is 1. The number of aryl methyl sites for hydroxylation is 2. The molecule has 0 aliphatic heterocycles. The van der Waals surface area contributed by atoms with Gasteiger partial charge in [-0.15, -0.1) is 54.1 Å². The Hall–Kier alpha value is -5.42. The molecule has 6 heteroatoms. The minimum absolute atomic E-state index is 0. The largest absolute Gasteiger partial charge is 0.501 e. The van der Waals surface area contributed by atoms with Gasteiger partial charge in [0.25, 0.3) is 0 Å². The molecule has 9 rings (SSSR count). The molecule has 0 bridgehead atoms. The molecule has 0 saturated carbocycles. The van der Waals surface area contributed by atoms with Crippen molar-refractivity contribution in [3.63, 3.8) is 0 Å². The Kier molecular flexibility index (Phi) is 9.07. The Morgan fingerprint density at radius 3 is 2.09 bits per heavy atom. The van der Waals surface area contributed by atoms with Gasteiger partial charge in [0.15, 0.2) is 5.65 Å². The van der Waals surface area contributed by atoms with Crippen molar-refractivity contribution in [2.75, 3.05) is 0 Å². The molecule has 1 radical (unpaired) electrons. The number of hydrogen-bond donors (Lipinski definition) is 0. The second-order valence-corrected chi connectivity index (χ2v) is 13.7. The molecule has 4 heterocycles. The minimum Gasteiger partial charge on any atom is -0.501 e. The molecule has 0 aliphatic rings. The fourth-order valence-corrected chi connectivity index (χ4v) is 7.07. The van der Waals surface area contributed by atoms with Crippen LogP contribution in [0.4, 0.5) is 0 Å². The molecule has 9 aromatic rings. The summed E-state index contributed by atoms with van der Waals surface area (Å²) in [5, 5.41) is 4.43. The van der Waals surface area contributed by atoms with E-state index in [2.05, 4.69) is 117 Å². The van der Waals surface area contributed by atoms with Gasteiger partial charge in [0.1, 0.15) is 5.58 Å². The topological polar surface area (TPSA) is 56.7 Å². The average molecular weight is 872 g/mol. The molecule has 4 aromatic heterocycles. The van der Waals surface area contributed by atoms with E-state index in [0.717, 1.165) is 72.2 Å². The van der Waals surface area contributed by atoms with Crippen LogP contribution < -0.4 is 0 Å². The van der Waals surface area contributed by atoms with Crippen molar-refractivity contribution in [3.05, 3.63) is 156 Å². The van der Waals surface area contributed by atoms with Gasteiger partial charge in [-0.1, -0.05) is 111 Å². The van der Waals surface area contributed by atoms with E-state index >= 15 is 0 Å². The smallest absolute Gasteiger partial charge is 0.169 e. The third kappa shape index (κ3) is 6.58. The predicted molar refractivity (Wildman–Crippen MR) is 214 cm³/mol. The number of fused-ring (bicyclic) bond motifs is 6. The SMILES string of the molecule is Cc1nc2nc(-c3[c-]ccc4c3oc3ccccc34)n(-c3c(C(C)C)cccc3C(C)C)c2c2ccccc12.[2H]C([2H])([2H])c1ccc(-c2[c-]cccc2)nc1.[Ir]. The fourth-order valence-electron chi connectivity index (χ4n) is 7.07. The average Bonchev–Trinajstić information content (AvgIpc) is 3.77. The summed E-state index contributed by atoms with van der Waals surface area (Å²) in [6.45, 7) is 9.01. The van der Waals surface area contributed by atoms with Crippen LogP contribution in [0.15, 0.2) is 126 Å². The maximum absolute atomic E-state index is 7.23. The molecule has 5 aromatic carbocycles. The van der Waals surface area contributed by atoms with Gasteiger partial charge in [-0.3, -0.25) is 4.98 Å². The third-order valence-electron chi connectivity index (χ3n) is 9.58. The molecular weight excluding hydrogens is 829 g/mol. The van der Waals surface area contributed by atoms with Crippen LogP contribution in [-0.2, 0) is 20.1 Å².